The minimum Gasteiger partial charge on any atom is -0.359 e. The molecule has 2 heterocycles. The molecular formula is C7H11N3S3. The van der Waals surface area contributed by atoms with Crippen LogP contribution >= 0.6 is 35.1 Å². The van der Waals surface area contributed by atoms with Crippen molar-refractivity contribution < 1.29 is 0 Å². The molecular weight excluding hydrogens is 222 g/mol. The summed E-state index contributed by atoms with van der Waals surface area (Å²) in [5, 5.41) is 4.98. The van der Waals surface area contributed by atoms with Crippen LogP contribution in [0.1, 0.15) is 0 Å². The van der Waals surface area contributed by atoms with Gasteiger partial charge in [0.2, 0.25) is 5.13 Å². The van der Waals surface area contributed by atoms with E-state index in [1.165, 1.54) is 28.8 Å². The van der Waals surface area contributed by atoms with E-state index in [0.29, 0.717) is 0 Å². The SMILES string of the molecule is c1nsc(NCC2CSCCS2)n1. The first-order valence-electron chi connectivity index (χ1n) is 4.15. The lowest BCUT2D eigenvalue weighted by molar-refractivity contribution is 1.00. The molecule has 0 radical (unpaired) electrons. The molecule has 2 rings (SSSR count). The molecule has 0 saturated carbocycles. The Labute approximate surface area is 90.3 Å². The molecule has 0 amide bonds. The predicted octanol–water partition coefficient (Wildman–Crippen LogP) is 1.80. The number of nitrogens with zero attached hydrogens (tertiary/aromatic N) is 2. The molecule has 13 heavy (non-hydrogen) atoms. The first kappa shape index (κ1) is 9.61. The molecule has 0 spiro atoms. The highest BCUT2D eigenvalue weighted by molar-refractivity contribution is 8.06. The summed E-state index contributed by atoms with van der Waals surface area (Å²) in [5.74, 6) is 3.85. The third-order valence-corrected chi connectivity index (χ3v) is 5.19. The second-order valence-corrected chi connectivity index (χ2v) is 6.03. The van der Waals surface area contributed by atoms with Crippen molar-refractivity contribution >= 4 is 40.2 Å². The van der Waals surface area contributed by atoms with Gasteiger partial charge in [0.15, 0.2) is 0 Å². The second-order valence-electron chi connectivity index (χ2n) is 2.70. The van der Waals surface area contributed by atoms with Crippen molar-refractivity contribution in [1.82, 2.24) is 9.36 Å². The van der Waals surface area contributed by atoms with Crippen LogP contribution in [-0.2, 0) is 0 Å². The lowest BCUT2D eigenvalue weighted by Gasteiger charge is -2.20. The molecule has 1 saturated heterocycles. The van der Waals surface area contributed by atoms with Crippen molar-refractivity contribution in [3.63, 3.8) is 0 Å². The smallest absolute Gasteiger partial charge is 0.202 e. The quantitative estimate of drug-likeness (QED) is 0.861. The number of rotatable bonds is 3. The van der Waals surface area contributed by atoms with Crippen molar-refractivity contribution in [3.8, 4) is 0 Å². The van der Waals surface area contributed by atoms with Gasteiger partial charge in [0, 0.05) is 40.6 Å². The average molecular weight is 233 g/mol. The fraction of sp³-hybridized carbons (Fsp3) is 0.714. The molecule has 0 aliphatic carbocycles. The highest BCUT2D eigenvalue weighted by atomic mass is 32.2. The van der Waals surface area contributed by atoms with Crippen molar-refractivity contribution in [3.05, 3.63) is 6.33 Å². The van der Waals surface area contributed by atoms with Crippen molar-refractivity contribution in [2.75, 3.05) is 29.1 Å². The summed E-state index contributed by atoms with van der Waals surface area (Å²) >= 11 is 5.53. The van der Waals surface area contributed by atoms with Gasteiger partial charge in [0.1, 0.15) is 6.33 Å². The monoisotopic (exact) mass is 233 g/mol. The Kier molecular flexibility index (Phi) is 3.75. The Morgan fingerprint density at radius 3 is 3.23 bits per heavy atom. The molecule has 1 aliphatic rings. The number of thioether (sulfide) groups is 2. The van der Waals surface area contributed by atoms with Gasteiger partial charge in [-0.1, -0.05) is 0 Å². The number of nitrogens with one attached hydrogen (secondary N) is 1. The molecule has 0 bridgehead atoms. The minimum atomic E-state index is 0.739. The van der Waals surface area contributed by atoms with Crippen LogP contribution in [0, 0.1) is 0 Å². The van der Waals surface area contributed by atoms with Crippen LogP contribution < -0.4 is 5.32 Å². The van der Waals surface area contributed by atoms with Crippen LogP contribution in [0.25, 0.3) is 0 Å². The van der Waals surface area contributed by atoms with Crippen molar-refractivity contribution in [2.45, 2.75) is 5.25 Å². The number of hydrogen-bond acceptors (Lipinski definition) is 6. The third-order valence-electron chi connectivity index (χ3n) is 1.73. The maximum atomic E-state index is 4.08. The van der Waals surface area contributed by atoms with Crippen LogP contribution in [0.5, 0.6) is 0 Å². The van der Waals surface area contributed by atoms with Gasteiger partial charge in [0.05, 0.1) is 0 Å². The largest absolute Gasteiger partial charge is 0.359 e. The molecule has 3 nitrogen and oxygen atoms in total. The summed E-state index contributed by atoms with van der Waals surface area (Å²) in [7, 11) is 0. The molecule has 1 unspecified atom stereocenters. The maximum Gasteiger partial charge on any atom is 0.202 e. The lowest BCUT2D eigenvalue weighted by atomic mass is 10.5. The van der Waals surface area contributed by atoms with Crippen LogP contribution in [0.4, 0.5) is 5.13 Å². The zero-order chi connectivity index (χ0) is 8.93. The van der Waals surface area contributed by atoms with Crippen LogP contribution in [0.2, 0.25) is 0 Å². The van der Waals surface area contributed by atoms with Gasteiger partial charge in [-0.2, -0.15) is 27.9 Å². The first-order chi connectivity index (χ1) is 6.45. The van der Waals surface area contributed by atoms with Gasteiger partial charge in [0.25, 0.3) is 0 Å². The van der Waals surface area contributed by atoms with E-state index in [1.54, 1.807) is 6.33 Å². The Hall–Kier alpha value is 0.0600. The zero-order valence-electron chi connectivity index (χ0n) is 7.10. The molecule has 1 aromatic heterocycles. The van der Waals surface area contributed by atoms with Crippen molar-refractivity contribution in [1.29, 1.82) is 0 Å². The highest BCUT2D eigenvalue weighted by Gasteiger charge is 2.13. The fourth-order valence-corrected chi connectivity index (χ4v) is 4.15. The van der Waals surface area contributed by atoms with Crippen LogP contribution in [0.3, 0.4) is 0 Å². The fourth-order valence-electron chi connectivity index (χ4n) is 1.11. The topological polar surface area (TPSA) is 37.8 Å². The van der Waals surface area contributed by atoms with E-state index in [1.807, 2.05) is 11.8 Å². The predicted molar refractivity (Wildman–Crippen MR) is 62.0 cm³/mol. The van der Waals surface area contributed by atoms with Gasteiger partial charge in [-0.05, 0) is 0 Å². The molecule has 1 N–H and O–H groups in total. The Morgan fingerprint density at radius 1 is 1.54 bits per heavy atom. The molecule has 1 aromatic rings. The minimum absolute atomic E-state index is 0.739. The number of hydrogen-bond donors (Lipinski definition) is 1. The van der Waals surface area contributed by atoms with Gasteiger partial charge >= 0.3 is 0 Å². The lowest BCUT2D eigenvalue weighted by Crippen LogP contribution is -2.23. The summed E-state index contributed by atoms with van der Waals surface area (Å²) in [6.45, 7) is 1.02. The van der Waals surface area contributed by atoms with Gasteiger partial charge in [-0.3, -0.25) is 0 Å². The van der Waals surface area contributed by atoms with Crippen LogP contribution in [0.15, 0.2) is 6.33 Å². The van der Waals surface area contributed by atoms with E-state index in [-0.39, 0.29) is 0 Å². The van der Waals surface area contributed by atoms with E-state index in [4.69, 9.17) is 0 Å². The Morgan fingerprint density at radius 2 is 2.54 bits per heavy atom. The summed E-state index contributed by atoms with van der Waals surface area (Å²) in [6.07, 6.45) is 1.59. The average Bonchev–Trinajstić information content (AvgIpc) is 2.69. The van der Waals surface area contributed by atoms with E-state index in [9.17, 15) is 0 Å². The van der Waals surface area contributed by atoms with E-state index in [2.05, 4.69) is 26.4 Å². The molecule has 1 atom stereocenters. The van der Waals surface area contributed by atoms with E-state index in [0.717, 1.165) is 16.9 Å². The summed E-state index contributed by atoms with van der Waals surface area (Å²) in [6, 6.07) is 0. The van der Waals surface area contributed by atoms with E-state index < -0.39 is 0 Å². The summed E-state index contributed by atoms with van der Waals surface area (Å²) in [4.78, 5) is 4.08. The van der Waals surface area contributed by atoms with Crippen LogP contribution in [-0.4, -0.2) is 38.4 Å². The second kappa shape index (κ2) is 5.07. The Balaban J connectivity index is 1.72. The Bertz CT molecular complexity index is 233. The van der Waals surface area contributed by atoms with Crippen molar-refractivity contribution in [2.24, 2.45) is 0 Å². The number of anilines is 1. The van der Waals surface area contributed by atoms with E-state index >= 15 is 0 Å². The third kappa shape index (κ3) is 3.03. The van der Waals surface area contributed by atoms with Gasteiger partial charge in [-0.15, -0.1) is 0 Å². The molecule has 72 valence electrons. The summed E-state index contributed by atoms with van der Waals surface area (Å²) < 4.78 is 3.94. The van der Waals surface area contributed by atoms with Gasteiger partial charge in [-0.25, -0.2) is 4.98 Å². The zero-order valence-corrected chi connectivity index (χ0v) is 9.55. The maximum absolute atomic E-state index is 4.08. The molecule has 6 heteroatoms. The van der Waals surface area contributed by atoms with Gasteiger partial charge < -0.3 is 5.32 Å². The standard InChI is InChI=1S/C7H11N3S3/c1-2-12-6(4-11-1)3-8-7-9-5-10-13-7/h5-6H,1-4H2,(H,8,9,10). The summed E-state index contributed by atoms with van der Waals surface area (Å²) in [5.41, 5.74) is 0. The molecule has 1 fully saturated rings. The first-order valence-corrected chi connectivity index (χ1v) is 7.13. The highest BCUT2D eigenvalue weighted by Crippen LogP contribution is 2.24. The molecule has 1 aliphatic heterocycles. The number of aromatic nitrogens is 2. The molecule has 0 aromatic carbocycles. The normalized spacial score (nSPS) is 22.9.